The first-order valence-corrected chi connectivity index (χ1v) is 6.30. The summed E-state index contributed by atoms with van der Waals surface area (Å²) in [6.45, 7) is 3.74. The summed E-state index contributed by atoms with van der Waals surface area (Å²) in [5.41, 5.74) is 2.13. The summed E-state index contributed by atoms with van der Waals surface area (Å²) in [4.78, 5) is 22.9. The van der Waals surface area contributed by atoms with Gasteiger partial charge in [-0.05, 0) is 43.7 Å². The van der Waals surface area contributed by atoms with Crippen molar-refractivity contribution in [3.05, 3.63) is 64.5 Å². The van der Waals surface area contributed by atoms with Crippen LogP contribution in [0.2, 0.25) is 0 Å². The molecule has 21 heavy (non-hydrogen) atoms. The molecular formula is C16H14FNO3. The SMILES string of the molecule is Cc1ccc(C(=O)Nc2ccc(C(=O)O)c(F)c2)c(C)c1. The molecule has 1 amide bonds. The Morgan fingerprint density at radius 1 is 1.05 bits per heavy atom. The van der Waals surface area contributed by atoms with E-state index >= 15 is 0 Å². The van der Waals surface area contributed by atoms with Crippen molar-refractivity contribution in [3.63, 3.8) is 0 Å². The molecule has 4 nitrogen and oxygen atoms in total. The van der Waals surface area contributed by atoms with Crippen molar-refractivity contribution in [1.29, 1.82) is 0 Å². The van der Waals surface area contributed by atoms with Gasteiger partial charge in [0.15, 0.2) is 0 Å². The van der Waals surface area contributed by atoms with Gasteiger partial charge >= 0.3 is 5.97 Å². The van der Waals surface area contributed by atoms with Crippen molar-refractivity contribution in [2.75, 3.05) is 5.32 Å². The molecule has 0 aromatic heterocycles. The van der Waals surface area contributed by atoms with Gasteiger partial charge < -0.3 is 10.4 Å². The molecule has 0 unspecified atom stereocenters. The zero-order valence-corrected chi connectivity index (χ0v) is 11.6. The van der Waals surface area contributed by atoms with Crippen molar-refractivity contribution in [3.8, 4) is 0 Å². The molecule has 0 spiro atoms. The summed E-state index contributed by atoms with van der Waals surface area (Å²) >= 11 is 0. The number of rotatable bonds is 3. The van der Waals surface area contributed by atoms with E-state index in [2.05, 4.69) is 5.32 Å². The van der Waals surface area contributed by atoms with Crippen LogP contribution < -0.4 is 5.32 Å². The fraction of sp³-hybridized carbons (Fsp3) is 0.125. The van der Waals surface area contributed by atoms with Crippen LogP contribution in [0.5, 0.6) is 0 Å². The van der Waals surface area contributed by atoms with Crippen molar-refractivity contribution in [2.45, 2.75) is 13.8 Å². The number of amides is 1. The summed E-state index contributed by atoms with van der Waals surface area (Å²) in [7, 11) is 0. The molecule has 0 saturated carbocycles. The second-order valence-electron chi connectivity index (χ2n) is 4.77. The third kappa shape index (κ3) is 3.25. The third-order valence-corrected chi connectivity index (χ3v) is 3.08. The van der Waals surface area contributed by atoms with Crippen molar-refractivity contribution in [2.24, 2.45) is 0 Å². The van der Waals surface area contributed by atoms with Gasteiger partial charge in [-0.15, -0.1) is 0 Å². The summed E-state index contributed by atoms with van der Waals surface area (Å²) in [6.07, 6.45) is 0. The molecule has 5 heteroatoms. The van der Waals surface area contributed by atoms with Gasteiger partial charge in [-0.25, -0.2) is 9.18 Å². The first-order valence-electron chi connectivity index (χ1n) is 6.30. The molecule has 0 heterocycles. The van der Waals surface area contributed by atoms with Gasteiger partial charge in [0.05, 0.1) is 5.56 Å². The lowest BCUT2D eigenvalue weighted by molar-refractivity contribution is 0.0692. The topological polar surface area (TPSA) is 66.4 Å². The zero-order chi connectivity index (χ0) is 15.6. The molecule has 2 aromatic carbocycles. The molecule has 0 fully saturated rings. The highest BCUT2D eigenvalue weighted by atomic mass is 19.1. The van der Waals surface area contributed by atoms with Crippen molar-refractivity contribution >= 4 is 17.6 Å². The Kier molecular flexibility index (Phi) is 4.03. The van der Waals surface area contributed by atoms with Gasteiger partial charge in [0.2, 0.25) is 0 Å². The number of aryl methyl sites for hydroxylation is 2. The van der Waals surface area contributed by atoms with E-state index in [1.54, 1.807) is 6.07 Å². The number of carboxylic acids is 1. The molecule has 0 aliphatic carbocycles. The zero-order valence-electron chi connectivity index (χ0n) is 11.6. The van der Waals surface area contributed by atoms with Crippen LogP contribution in [0.15, 0.2) is 36.4 Å². The quantitative estimate of drug-likeness (QED) is 0.909. The molecule has 0 saturated heterocycles. The lowest BCUT2D eigenvalue weighted by Crippen LogP contribution is -2.14. The molecular weight excluding hydrogens is 273 g/mol. The average Bonchev–Trinajstić information content (AvgIpc) is 2.37. The van der Waals surface area contributed by atoms with Gasteiger partial charge in [-0.3, -0.25) is 4.79 Å². The van der Waals surface area contributed by atoms with E-state index < -0.39 is 17.3 Å². The molecule has 2 rings (SSSR count). The predicted molar refractivity (Wildman–Crippen MR) is 77.2 cm³/mol. The average molecular weight is 287 g/mol. The highest BCUT2D eigenvalue weighted by Gasteiger charge is 2.13. The standard InChI is InChI=1S/C16H14FNO3/c1-9-3-5-12(10(2)7-9)15(19)18-11-4-6-13(16(20)21)14(17)8-11/h3-8H,1-2H3,(H,18,19)(H,20,21). The minimum absolute atomic E-state index is 0.211. The second kappa shape index (κ2) is 5.75. The Balaban J connectivity index is 2.23. The monoisotopic (exact) mass is 287 g/mol. The molecule has 2 N–H and O–H groups in total. The van der Waals surface area contributed by atoms with E-state index in [4.69, 9.17) is 5.11 Å². The Morgan fingerprint density at radius 3 is 2.29 bits per heavy atom. The molecule has 108 valence electrons. The van der Waals surface area contributed by atoms with E-state index in [1.807, 2.05) is 26.0 Å². The number of carboxylic acid groups (broad SMARTS) is 1. The van der Waals surface area contributed by atoms with Gasteiger partial charge in [0.25, 0.3) is 5.91 Å². The first-order chi connectivity index (χ1) is 9.88. The molecule has 0 radical (unpaired) electrons. The van der Waals surface area contributed by atoms with Crippen LogP contribution in [-0.4, -0.2) is 17.0 Å². The van der Waals surface area contributed by atoms with Crippen molar-refractivity contribution < 1.29 is 19.1 Å². The number of halogens is 1. The summed E-state index contributed by atoms with van der Waals surface area (Å²) in [5.74, 6) is -2.60. The maximum absolute atomic E-state index is 13.6. The Morgan fingerprint density at radius 2 is 1.71 bits per heavy atom. The molecule has 0 aliphatic heterocycles. The van der Waals surface area contributed by atoms with E-state index in [0.29, 0.717) is 5.56 Å². The fourth-order valence-corrected chi connectivity index (χ4v) is 2.03. The van der Waals surface area contributed by atoms with E-state index in [0.717, 1.165) is 23.3 Å². The van der Waals surface area contributed by atoms with Gasteiger partial charge in [0, 0.05) is 11.3 Å². The molecule has 0 atom stereocenters. The number of carbonyl (C=O) groups is 2. The number of nitrogens with one attached hydrogen (secondary N) is 1. The summed E-state index contributed by atoms with van der Waals surface area (Å²) < 4.78 is 13.6. The van der Waals surface area contributed by atoms with Crippen LogP contribution >= 0.6 is 0 Å². The second-order valence-corrected chi connectivity index (χ2v) is 4.77. The Labute approximate surface area is 121 Å². The predicted octanol–water partition coefficient (Wildman–Crippen LogP) is 3.39. The number of aromatic carboxylic acids is 1. The maximum Gasteiger partial charge on any atom is 0.338 e. The van der Waals surface area contributed by atoms with Crippen LogP contribution in [0.1, 0.15) is 31.8 Å². The van der Waals surface area contributed by atoms with E-state index in [-0.39, 0.29) is 11.6 Å². The van der Waals surface area contributed by atoms with Crippen LogP contribution in [-0.2, 0) is 0 Å². The Bertz CT molecular complexity index is 725. The van der Waals surface area contributed by atoms with Gasteiger partial charge in [0.1, 0.15) is 5.82 Å². The normalized spacial score (nSPS) is 10.2. The van der Waals surface area contributed by atoms with Crippen LogP contribution in [0.3, 0.4) is 0 Å². The number of benzene rings is 2. The first kappa shape index (κ1) is 14.7. The number of anilines is 1. The highest BCUT2D eigenvalue weighted by Crippen LogP contribution is 2.17. The molecule has 0 aliphatic rings. The van der Waals surface area contributed by atoms with E-state index in [9.17, 15) is 14.0 Å². The molecule has 0 bridgehead atoms. The largest absolute Gasteiger partial charge is 0.478 e. The third-order valence-electron chi connectivity index (χ3n) is 3.08. The van der Waals surface area contributed by atoms with Crippen LogP contribution in [0.25, 0.3) is 0 Å². The lowest BCUT2D eigenvalue weighted by atomic mass is 10.1. The Hall–Kier alpha value is -2.69. The number of hydrogen-bond donors (Lipinski definition) is 2. The van der Waals surface area contributed by atoms with Gasteiger partial charge in [-0.2, -0.15) is 0 Å². The van der Waals surface area contributed by atoms with Crippen LogP contribution in [0, 0.1) is 19.7 Å². The van der Waals surface area contributed by atoms with Gasteiger partial charge in [-0.1, -0.05) is 17.7 Å². The van der Waals surface area contributed by atoms with E-state index in [1.165, 1.54) is 6.07 Å². The summed E-state index contributed by atoms with van der Waals surface area (Å²) in [5, 5.41) is 11.3. The minimum atomic E-state index is -1.35. The number of carbonyl (C=O) groups excluding carboxylic acids is 1. The smallest absolute Gasteiger partial charge is 0.338 e. The van der Waals surface area contributed by atoms with Crippen LogP contribution in [0.4, 0.5) is 10.1 Å². The summed E-state index contributed by atoms with van der Waals surface area (Å²) in [6, 6.07) is 8.86. The maximum atomic E-state index is 13.6. The highest BCUT2D eigenvalue weighted by molar-refractivity contribution is 6.05. The number of hydrogen-bond acceptors (Lipinski definition) is 2. The molecule has 2 aromatic rings. The fourth-order valence-electron chi connectivity index (χ4n) is 2.03. The minimum Gasteiger partial charge on any atom is -0.478 e. The lowest BCUT2D eigenvalue weighted by Gasteiger charge is -2.09. The van der Waals surface area contributed by atoms with Crippen molar-refractivity contribution in [1.82, 2.24) is 0 Å².